The Bertz CT molecular complexity index is 646. The van der Waals surface area contributed by atoms with Gasteiger partial charge in [-0.15, -0.1) is 0 Å². The van der Waals surface area contributed by atoms with Crippen LogP contribution in [0.4, 0.5) is 5.69 Å². The predicted molar refractivity (Wildman–Crippen MR) is 77.4 cm³/mol. The molecule has 2 N–H and O–H groups in total. The maximum Gasteiger partial charge on any atom is 0.0550 e. The highest BCUT2D eigenvalue weighted by Crippen LogP contribution is 2.31. The van der Waals surface area contributed by atoms with Crippen LogP contribution in [0.15, 0.2) is 60.8 Å². The van der Waals surface area contributed by atoms with Gasteiger partial charge in [-0.2, -0.15) is 0 Å². The van der Waals surface area contributed by atoms with Gasteiger partial charge in [0.1, 0.15) is 0 Å². The highest BCUT2D eigenvalue weighted by molar-refractivity contribution is 7.09. The monoisotopic (exact) mass is 252 g/mol. The van der Waals surface area contributed by atoms with E-state index in [1.54, 1.807) is 6.20 Å². The molecule has 0 atom stereocenters. The Labute approximate surface area is 110 Å². The molecule has 88 valence electrons. The molecule has 0 aliphatic carbocycles. The molecule has 2 nitrogen and oxygen atoms in total. The van der Waals surface area contributed by atoms with Crippen LogP contribution in [-0.2, 0) is 0 Å². The van der Waals surface area contributed by atoms with Crippen molar-refractivity contribution in [3.63, 3.8) is 0 Å². The lowest BCUT2D eigenvalue weighted by Crippen LogP contribution is -1.90. The molecule has 0 amide bonds. The van der Waals surface area contributed by atoms with Crippen molar-refractivity contribution in [3.05, 3.63) is 60.8 Å². The molecule has 0 spiro atoms. The van der Waals surface area contributed by atoms with Gasteiger partial charge in [0, 0.05) is 17.4 Å². The lowest BCUT2D eigenvalue weighted by molar-refractivity contribution is 1.58. The molecule has 3 heteroatoms. The minimum Gasteiger partial charge on any atom is -0.398 e. The van der Waals surface area contributed by atoms with Gasteiger partial charge in [0.25, 0.3) is 0 Å². The van der Waals surface area contributed by atoms with E-state index in [0.29, 0.717) is 0 Å². The van der Waals surface area contributed by atoms with Crippen LogP contribution in [0.3, 0.4) is 0 Å². The van der Waals surface area contributed by atoms with Crippen LogP contribution in [0.2, 0.25) is 0 Å². The van der Waals surface area contributed by atoms with Crippen LogP contribution < -0.4 is 5.73 Å². The zero-order chi connectivity index (χ0) is 12.4. The van der Waals surface area contributed by atoms with Crippen LogP contribution in [-0.4, -0.2) is 4.37 Å². The van der Waals surface area contributed by atoms with E-state index in [2.05, 4.69) is 28.6 Å². The van der Waals surface area contributed by atoms with Crippen molar-refractivity contribution in [3.8, 4) is 21.6 Å². The number of nitrogens with zero attached hydrogens (tertiary/aromatic N) is 1. The number of aromatic nitrogens is 1. The van der Waals surface area contributed by atoms with E-state index in [1.807, 2.05) is 30.3 Å². The molecule has 3 rings (SSSR count). The summed E-state index contributed by atoms with van der Waals surface area (Å²) in [5.41, 5.74) is 10.3. The fraction of sp³-hybridized carbons (Fsp3) is 0. The van der Waals surface area contributed by atoms with Gasteiger partial charge in [-0.1, -0.05) is 42.5 Å². The SMILES string of the molecule is Nc1cc(-c2ccns2)ccc1-c1ccccc1. The molecular weight excluding hydrogens is 240 g/mol. The minimum atomic E-state index is 0.798. The Morgan fingerprint density at radius 3 is 2.39 bits per heavy atom. The van der Waals surface area contributed by atoms with E-state index in [0.717, 1.165) is 27.3 Å². The Balaban J connectivity index is 2.05. The molecule has 0 fully saturated rings. The first-order chi connectivity index (χ1) is 8.84. The highest BCUT2D eigenvalue weighted by Gasteiger charge is 2.05. The molecule has 0 saturated carbocycles. The molecule has 18 heavy (non-hydrogen) atoms. The van der Waals surface area contributed by atoms with Crippen LogP contribution in [0.25, 0.3) is 21.6 Å². The lowest BCUT2D eigenvalue weighted by Gasteiger charge is -2.07. The second kappa shape index (κ2) is 4.63. The van der Waals surface area contributed by atoms with Crippen LogP contribution >= 0.6 is 11.5 Å². The van der Waals surface area contributed by atoms with Crippen LogP contribution in [0.1, 0.15) is 0 Å². The Morgan fingerprint density at radius 2 is 1.72 bits per heavy atom. The number of hydrogen-bond donors (Lipinski definition) is 1. The van der Waals surface area contributed by atoms with Gasteiger partial charge >= 0.3 is 0 Å². The van der Waals surface area contributed by atoms with Gasteiger partial charge in [-0.05, 0) is 34.8 Å². The predicted octanol–water partition coefficient (Wildman–Crippen LogP) is 4.06. The van der Waals surface area contributed by atoms with Crippen molar-refractivity contribution in [1.29, 1.82) is 0 Å². The van der Waals surface area contributed by atoms with Crippen molar-refractivity contribution in [2.45, 2.75) is 0 Å². The van der Waals surface area contributed by atoms with E-state index in [-0.39, 0.29) is 0 Å². The quantitative estimate of drug-likeness (QED) is 0.698. The summed E-state index contributed by atoms with van der Waals surface area (Å²) in [5.74, 6) is 0. The standard InChI is InChI=1S/C15H12N2S/c16-14-10-12(15-8-9-17-18-15)6-7-13(14)11-4-2-1-3-5-11/h1-10H,16H2. The first-order valence-corrected chi connectivity index (χ1v) is 6.48. The summed E-state index contributed by atoms with van der Waals surface area (Å²) in [6, 6.07) is 18.3. The van der Waals surface area contributed by atoms with Crippen molar-refractivity contribution in [1.82, 2.24) is 4.37 Å². The zero-order valence-electron chi connectivity index (χ0n) is 9.71. The number of benzene rings is 2. The number of rotatable bonds is 2. The van der Waals surface area contributed by atoms with Gasteiger partial charge in [0.2, 0.25) is 0 Å². The molecule has 3 aromatic rings. The summed E-state index contributed by atoms with van der Waals surface area (Å²) >= 11 is 1.48. The van der Waals surface area contributed by atoms with Gasteiger partial charge < -0.3 is 5.73 Å². The Kier molecular flexibility index (Phi) is 2.82. The fourth-order valence-electron chi connectivity index (χ4n) is 1.96. The number of nitrogens with two attached hydrogens (primary N) is 1. The topological polar surface area (TPSA) is 38.9 Å². The summed E-state index contributed by atoms with van der Waals surface area (Å²) in [5, 5.41) is 0. The number of hydrogen-bond acceptors (Lipinski definition) is 3. The minimum absolute atomic E-state index is 0.798. The summed E-state index contributed by atoms with van der Waals surface area (Å²) in [4.78, 5) is 1.14. The third-order valence-corrected chi connectivity index (χ3v) is 3.65. The second-order valence-electron chi connectivity index (χ2n) is 4.04. The van der Waals surface area contributed by atoms with Crippen molar-refractivity contribution in [2.75, 3.05) is 5.73 Å². The fourth-order valence-corrected chi connectivity index (χ4v) is 2.55. The smallest absolute Gasteiger partial charge is 0.0550 e. The molecule has 0 aliphatic heterocycles. The molecule has 0 radical (unpaired) electrons. The molecule has 2 aromatic carbocycles. The van der Waals surface area contributed by atoms with Crippen molar-refractivity contribution in [2.24, 2.45) is 0 Å². The maximum absolute atomic E-state index is 6.14. The van der Waals surface area contributed by atoms with E-state index in [1.165, 1.54) is 11.5 Å². The van der Waals surface area contributed by atoms with E-state index in [9.17, 15) is 0 Å². The maximum atomic E-state index is 6.14. The molecule has 0 aliphatic rings. The van der Waals surface area contributed by atoms with Gasteiger partial charge in [-0.3, -0.25) is 0 Å². The third-order valence-electron chi connectivity index (χ3n) is 2.86. The Hall–Kier alpha value is -2.13. The number of anilines is 1. The first-order valence-electron chi connectivity index (χ1n) is 5.70. The van der Waals surface area contributed by atoms with E-state index >= 15 is 0 Å². The lowest BCUT2D eigenvalue weighted by atomic mass is 10.0. The van der Waals surface area contributed by atoms with Crippen LogP contribution in [0.5, 0.6) is 0 Å². The third kappa shape index (κ3) is 2.00. The highest BCUT2D eigenvalue weighted by atomic mass is 32.1. The summed E-state index contributed by atoms with van der Waals surface area (Å²) < 4.78 is 4.11. The largest absolute Gasteiger partial charge is 0.398 e. The van der Waals surface area contributed by atoms with E-state index in [4.69, 9.17) is 5.73 Å². The molecule has 0 unspecified atom stereocenters. The normalized spacial score (nSPS) is 10.4. The van der Waals surface area contributed by atoms with Crippen molar-refractivity contribution >= 4 is 17.2 Å². The summed E-state index contributed by atoms with van der Waals surface area (Å²) in [6.07, 6.45) is 1.81. The summed E-state index contributed by atoms with van der Waals surface area (Å²) in [6.45, 7) is 0. The van der Waals surface area contributed by atoms with Gasteiger partial charge in [0.15, 0.2) is 0 Å². The first kappa shape index (κ1) is 11.0. The molecule has 1 aromatic heterocycles. The molecule has 0 saturated heterocycles. The average Bonchev–Trinajstić information content (AvgIpc) is 2.93. The summed E-state index contributed by atoms with van der Waals surface area (Å²) in [7, 11) is 0. The number of nitrogen functional groups attached to an aromatic ring is 1. The van der Waals surface area contributed by atoms with E-state index < -0.39 is 0 Å². The molecular formula is C15H12N2S. The molecule has 1 heterocycles. The van der Waals surface area contributed by atoms with Crippen molar-refractivity contribution < 1.29 is 0 Å². The molecule has 0 bridgehead atoms. The Morgan fingerprint density at radius 1 is 0.889 bits per heavy atom. The van der Waals surface area contributed by atoms with Crippen LogP contribution in [0, 0.1) is 0 Å². The van der Waals surface area contributed by atoms with Gasteiger partial charge in [-0.25, -0.2) is 4.37 Å². The second-order valence-corrected chi connectivity index (χ2v) is 4.88. The zero-order valence-corrected chi connectivity index (χ0v) is 10.5. The van der Waals surface area contributed by atoms with Gasteiger partial charge in [0.05, 0.1) is 4.88 Å². The average molecular weight is 252 g/mol.